The van der Waals surface area contributed by atoms with E-state index in [-0.39, 0.29) is 0 Å². The van der Waals surface area contributed by atoms with Crippen molar-refractivity contribution >= 4 is 46.5 Å². The lowest BCUT2D eigenvalue weighted by atomic mass is 10.2. The quantitative estimate of drug-likeness (QED) is 0.525. The van der Waals surface area contributed by atoms with Gasteiger partial charge in [-0.25, -0.2) is 9.97 Å². The summed E-state index contributed by atoms with van der Waals surface area (Å²) in [6.45, 7) is 0. The van der Waals surface area contributed by atoms with Crippen molar-refractivity contribution in [2.24, 2.45) is 0 Å². The summed E-state index contributed by atoms with van der Waals surface area (Å²) in [5.41, 5.74) is 1.06. The first-order valence-electron chi connectivity index (χ1n) is 5.17. The lowest BCUT2D eigenvalue weighted by Gasteiger charge is -2.09. The molecule has 0 amide bonds. The molecule has 0 aliphatic rings. The van der Waals surface area contributed by atoms with Gasteiger partial charge in [0.2, 0.25) is 0 Å². The Kier molecular flexibility index (Phi) is 4.48. The van der Waals surface area contributed by atoms with Crippen molar-refractivity contribution in [3.8, 4) is 6.07 Å². The molecule has 19 heavy (non-hydrogen) atoms. The highest BCUT2D eigenvalue weighted by molar-refractivity contribution is 7.98. The van der Waals surface area contributed by atoms with Gasteiger partial charge in [-0.15, -0.1) is 0 Å². The number of anilines is 2. The summed E-state index contributed by atoms with van der Waals surface area (Å²) < 4.78 is 0. The molecule has 0 bridgehead atoms. The highest BCUT2D eigenvalue weighted by Crippen LogP contribution is 2.25. The van der Waals surface area contributed by atoms with Crippen LogP contribution in [0, 0.1) is 11.3 Å². The van der Waals surface area contributed by atoms with Gasteiger partial charge in [-0.3, -0.25) is 0 Å². The zero-order valence-corrected chi connectivity index (χ0v) is 12.1. The molecule has 2 aromatic rings. The van der Waals surface area contributed by atoms with E-state index in [1.54, 1.807) is 24.3 Å². The molecule has 0 fully saturated rings. The Morgan fingerprint density at radius 3 is 2.74 bits per heavy atom. The van der Waals surface area contributed by atoms with E-state index < -0.39 is 0 Å². The zero-order chi connectivity index (χ0) is 13.8. The Labute approximate surface area is 124 Å². The first kappa shape index (κ1) is 13.9. The van der Waals surface area contributed by atoms with Crippen molar-refractivity contribution in [2.45, 2.75) is 5.16 Å². The highest BCUT2D eigenvalue weighted by atomic mass is 35.5. The summed E-state index contributed by atoms with van der Waals surface area (Å²) >= 11 is 13.2. The number of hydrogen-bond donors (Lipinski definition) is 1. The SMILES string of the molecule is CSc1nc(Cl)cc(Nc2cc(Cl)ccc2C#N)n1. The third-order valence-electron chi connectivity index (χ3n) is 2.22. The van der Waals surface area contributed by atoms with Crippen LogP contribution in [0.5, 0.6) is 0 Å². The predicted molar refractivity (Wildman–Crippen MR) is 78.3 cm³/mol. The molecule has 1 aromatic heterocycles. The minimum absolute atomic E-state index is 0.336. The number of aromatic nitrogens is 2. The van der Waals surface area contributed by atoms with Gasteiger partial charge in [-0.05, 0) is 24.5 Å². The number of halogens is 2. The molecule has 7 heteroatoms. The third-order valence-corrected chi connectivity index (χ3v) is 3.20. The van der Waals surface area contributed by atoms with E-state index in [0.717, 1.165) is 0 Å². The van der Waals surface area contributed by atoms with Crippen LogP contribution in [0.1, 0.15) is 5.56 Å². The minimum atomic E-state index is 0.336. The second-order valence-corrected chi connectivity index (χ2v) is 5.09. The zero-order valence-electron chi connectivity index (χ0n) is 9.82. The Bertz CT molecular complexity index is 655. The molecule has 1 N–H and O–H groups in total. The number of benzene rings is 1. The Balaban J connectivity index is 2.38. The van der Waals surface area contributed by atoms with E-state index in [1.807, 2.05) is 6.26 Å². The molecule has 0 unspecified atom stereocenters. The fraction of sp³-hybridized carbons (Fsp3) is 0.0833. The van der Waals surface area contributed by atoms with Crippen LogP contribution in [0.15, 0.2) is 29.4 Å². The largest absolute Gasteiger partial charge is 0.339 e. The van der Waals surface area contributed by atoms with Gasteiger partial charge in [0.1, 0.15) is 17.0 Å². The number of hydrogen-bond acceptors (Lipinski definition) is 5. The van der Waals surface area contributed by atoms with E-state index in [4.69, 9.17) is 28.5 Å². The lowest BCUT2D eigenvalue weighted by Crippen LogP contribution is -1.98. The van der Waals surface area contributed by atoms with Crippen molar-refractivity contribution < 1.29 is 0 Å². The monoisotopic (exact) mass is 310 g/mol. The molecule has 0 aliphatic heterocycles. The van der Waals surface area contributed by atoms with Crippen molar-refractivity contribution in [1.29, 1.82) is 5.26 Å². The fourth-order valence-corrected chi connectivity index (χ4v) is 2.19. The molecule has 1 heterocycles. The van der Waals surface area contributed by atoms with Crippen LogP contribution < -0.4 is 5.32 Å². The van der Waals surface area contributed by atoms with E-state index >= 15 is 0 Å². The van der Waals surface area contributed by atoms with Gasteiger partial charge in [-0.1, -0.05) is 35.0 Å². The number of nitrogens with zero attached hydrogens (tertiary/aromatic N) is 3. The maximum Gasteiger partial charge on any atom is 0.190 e. The summed E-state index contributed by atoms with van der Waals surface area (Å²) in [4.78, 5) is 8.30. The molecule has 4 nitrogen and oxygen atoms in total. The topological polar surface area (TPSA) is 61.6 Å². The number of nitriles is 1. The Hall–Kier alpha value is -1.48. The molecule has 0 saturated heterocycles. The van der Waals surface area contributed by atoms with Crippen molar-refractivity contribution in [3.05, 3.63) is 40.0 Å². The summed E-state index contributed by atoms with van der Waals surface area (Å²) in [5, 5.41) is 13.5. The maximum atomic E-state index is 9.05. The Morgan fingerprint density at radius 2 is 2.05 bits per heavy atom. The van der Waals surface area contributed by atoms with Crippen LogP contribution in [-0.2, 0) is 0 Å². The molecular weight excluding hydrogens is 303 g/mol. The minimum Gasteiger partial charge on any atom is -0.339 e. The molecule has 0 spiro atoms. The van der Waals surface area contributed by atoms with Crippen molar-refractivity contribution in [2.75, 3.05) is 11.6 Å². The van der Waals surface area contributed by atoms with Crippen LogP contribution in [0.4, 0.5) is 11.5 Å². The van der Waals surface area contributed by atoms with E-state index in [1.165, 1.54) is 11.8 Å². The number of thioether (sulfide) groups is 1. The molecule has 1 aromatic carbocycles. The first-order chi connectivity index (χ1) is 9.12. The molecule has 0 atom stereocenters. The van der Waals surface area contributed by atoms with Gasteiger partial charge in [0.15, 0.2) is 5.16 Å². The fourth-order valence-electron chi connectivity index (χ4n) is 1.41. The summed E-state index contributed by atoms with van der Waals surface area (Å²) in [6.07, 6.45) is 1.86. The molecule has 96 valence electrons. The van der Waals surface area contributed by atoms with E-state index in [9.17, 15) is 0 Å². The molecule has 2 rings (SSSR count). The van der Waals surface area contributed by atoms with Gasteiger partial charge in [0.25, 0.3) is 0 Å². The van der Waals surface area contributed by atoms with Gasteiger partial charge in [-0.2, -0.15) is 5.26 Å². The van der Waals surface area contributed by atoms with Gasteiger partial charge in [0.05, 0.1) is 11.3 Å². The van der Waals surface area contributed by atoms with Crippen LogP contribution in [0.3, 0.4) is 0 Å². The number of rotatable bonds is 3. The second-order valence-electron chi connectivity index (χ2n) is 3.49. The standard InChI is InChI=1S/C12H8Cl2N4S/c1-19-12-17-10(14)5-11(18-12)16-9-4-8(13)3-2-7(9)6-15/h2-5H,1H3,(H,16,17,18). The summed E-state index contributed by atoms with van der Waals surface area (Å²) in [7, 11) is 0. The smallest absolute Gasteiger partial charge is 0.190 e. The Morgan fingerprint density at radius 1 is 1.26 bits per heavy atom. The van der Waals surface area contributed by atoms with Crippen LogP contribution in [-0.4, -0.2) is 16.2 Å². The third kappa shape index (κ3) is 3.51. The van der Waals surface area contributed by atoms with Crippen LogP contribution in [0.2, 0.25) is 10.2 Å². The van der Waals surface area contributed by atoms with Gasteiger partial charge in [0, 0.05) is 11.1 Å². The normalized spacial score (nSPS) is 10.0. The van der Waals surface area contributed by atoms with E-state index in [2.05, 4.69) is 21.4 Å². The molecular formula is C12H8Cl2N4S. The second kappa shape index (κ2) is 6.11. The maximum absolute atomic E-state index is 9.05. The lowest BCUT2D eigenvalue weighted by molar-refractivity contribution is 0.976. The molecule has 0 radical (unpaired) electrons. The predicted octanol–water partition coefficient (Wildman–Crippen LogP) is 4.12. The van der Waals surface area contributed by atoms with Gasteiger partial charge < -0.3 is 5.32 Å². The molecule has 0 saturated carbocycles. The summed E-state index contributed by atoms with van der Waals surface area (Å²) in [5.74, 6) is 0.517. The van der Waals surface area contributed by atoms with Gasteiger partial charge >= 0.3 is 0 Å². The average Bonchev–Trinajstić information content (AvgIpc) is 2.38. The van der Waals surface area contributed by atoms with Crippen molar-refractivity contribution in [1.82, 2.24) is 9.97 Å². The first-order valence-corrected chi connectivity index (χ1v) is 7.15. The highest BCUT2D eigenvalue weighted by Gasteiger charge is 2.07. The van der Waals surface area contributed by atoms with Crippen LogP contribution >= 0.6 is 35.0 Å². The van der Waals surface area contributed by atoms with Crippen LogP contribution in [0.25, 0.3) is 0 Å². The average molecular weight is 311 g/mol. The van der Waals surface area contributed by atoms with E-state index in [0.29, 0.717) is 32.4 Å². The number of nitrogens with one attached hydrogen (secondary N) is 1. The summed E-state index contributed by atoms with van der Waals surface area (Å²) in [6, 6.07) is 8.63. The van der Waals surface area contributed by atoms with Crippen molar-refractivity contribution in [3.63, 3.8) is 0 Å². The molecule has 0 aliphatic carbocycles.